The Morgan fingerprint density at radius 1 is 1.18 bits per heavy atom. The van der Waals surface area contributed by atoms with Gasteiger partial charge in [-0.2, -0.15) is 0 Å². The largest absolute Gasteiger partial charge is 0.355 e. The Kier molecular flexibility index (Phi) is 6.28. The molecule has 0 radical (unpaired) electrons. The van der Waals surface area contributed by atoms with E-state index in [1.54, 1.807) is 12.5 Å². The number of carbonyl (C=O) groups excluding carboxylic acids is 1. The summed E-state index contributed by atoms with van der Waals surface area (Å²) in [7, 11) is 0. The van der Waals surface area contributed by atoms with Crippen LogP contribution in [0.4, 0.5) is 5.82 Å². The second-order valence-corrected chi connectivity index (χ2v) is 9.63. The number of aromatic nitrogens is 5. The van der Waals surface area contributed by atoms with Crippen LogP contribution in [0.25, 0.3) is 16.7 Å². The number of anilines is 1. The molecule has 0 spiro atoms. The first-order chi connectivity index (χ1) is 16.5. The van der Waals surface area contributed by atoms with E-state index in [9.17, 15) is 4.79 Å². The minimum absolute atomic E-state index is 0.0488. The van der Waals surface area contributed by atoms with E-state index >= 15 is 0 Å². The van der Waals surface area contributed by atoms with Crippen LogP contribution >= 0.6 is 15.9 Å². The Balaban J connectivity index is 1.31. The number of carbonyl (C=O) groups is 1. The lowest BCUT2D eigenvalue weighted by Gasteiger charge is -2.33. The van der Waals surface area contributed by atoms with Crippen molar-refractivity contribution in [2.45, 2.75) is 33.2 Å². The number of pyridine rings is 1. The van der Waals surface area contributed by atoms with Crippen LogP contribution < -0.4 is 10.2 Å². The number of rotatable bonds is 5. The summed E-state index contributed by atoms with van der Waals surface area (Å²) in [6, 6.07) is 10.2. The number of piperidine rings is 1. The van der Waals surface area contributed by atoms with E-state index in [0.717, 1.165) is 52.0 Å². The molecule has 1 fully saturated rings. The molecule has 1 N–H and O–H groups in total. The third-order valence-electron chi connectivity index (χ3n) is 6.23. The van der Waals surface area contributed by atoms with Crippen molar-refractivity contribution >= 4 is 38.7 Å². The van der Waals surface area contributed by atoms with Crippen LogP contribution in [-0.2, 0) is 11.3 Å². The van der Waals surface area contributed by atoms with Crippen molar-refractivity contribution in [1.82, 2.24) is 30.0 Å². The molecule has 174 valence electrons. The third-order valence-corrected chi connectivity index (χ3v) is 7.06. The molecule has 1 amide bonds. The van der Waals surface area contributed by atoms with Gasteiger partial charge in [-0.25, -0.2) is 14.6 Å². The van der Waals surface area contributed by atoms with Gasteiger partial charge in [-0.1, -0.05) is 17.7 Å². The van der Waals surface area contributed by atoms with Crippen LogP contribution in [0.5, 0.6) is 0 Å². The summed E-state index contributed by atoms with van der Waals surface area (Å²) in [6.07, 6.45) is 7.07. The molecule has 0 aliphatic carbocycles. The Morgan fingerprint density at radius 2 is 2.00 bits per heavy atom. The maximum Gasteiger partial charge on any atom is 0.225 e. The highest BCUT2D eigenvalue weighted by molar-refractivity contribution is 9.10. The third kappa shape index (κ3) is 4.65. The van der Waals surface area contributed by atoms with Gasteiger partial charge in [0.05, 0.1) is 29.2 Å². The van der Waals surface area contributed by atoms with Crippen molar-refractivity contribution in [2.75, 3.05) is 18.0 Å². The minimum Gasteiger partial charge on any atom is -0.355 e. The van der Waals surface area contributed by atoms with Crippen molar-refractivity contribution < 1.29 is 4.79 Å². The summed E-state index contributed by atoms with van der Waals surface area (Å²) in [4.78, 5) is 28.5. The highest BCUT2D eigenvalue weighted by atomic mass is 79.9. The van der Waals surface area contributed by atoms with Gasteiger partial charge in [0.25, 0.3) is 0 Å². The van der Waals surface area contributed by atoms with Crippen LogP contribution in [0.2, 0.25) is 0 Å². The first-order valence-electron chi connectivity index (χ1n) is 11.4. The average Bonchev–Trinajstić information content (AvgIpc) is 3.29. The summed E-state index contributed by atoms with van der Waals surface area (Å²) in [5.41, 5.74) is 4.77. The highest BCUT2D eigenvalue weighted by Crippen LogP contribution is 2.28. The summed E-state index contributed by atoms with van der Waals surface area (Å²) in [5.74, 6) is 0.765. The van der Waals surface area contributed by atoms with Gasteiger partial charge in [0, 0.05) is 30.0 Å². The maximum atomic E-state index is 13.0. The average molecular weight is 520 g/mol. The molecule has 4 heterocycles. The van der Waals surface area contributed by atoms with Gasteiger partial charge < -0.3 is 10.2 Å². The van der Waals surface area contributed by atoms with Crippen molar-refractivity contribution in [3.05, 3.63) is 70.3 Å². The second kappa shape index (κ2) is 9.50. The van der Waals surface area contributed by atoms with Crippen molar-refractivity contribution in [2.24, 2.45) is 5.92 Å². The zero-order chi connectivity index (χ0) is 23.7. The lowest BCUT2D eigenvalue weighted by atomic mass is 9.97. The molecule has 0 saturated carbocycles. The number of nitrogens with zero attached hydrogens (tertiary/aromatic N) is 6. The van der Waals surface area contributed by atoms with Crippen LogP contribution in [-0.4, -0.2) is 43.7 Å². The highest BCUT2D eigenvalue weighted by Gasteiger charge is 2.28. The first kappa shape index (κ1) is 22.5. The van der Waals surface area contributed by atoms with Crippen molar-refractivity contribution in [3.63, 3.8) is 0 Å². The lowest BCUT2D eigenvalue weighted by Crippen LogP contribution is -2.43. The zero-order valence-corrected chi connectivity index (χ0v) is 20.8. The second-order valence-electron chi connectivity index (χ2n) is 8.77. The van der Waals surface area contributed by atoms with Gasteiger partial charge in [-0.3, -0.25) is 9.78 Å². The van der Waals surface area contributed by atoms with Gasteiger partial charge in [-0.05, 0) is 66.4 Å². The molecule has 5 rings (SSSR count). The number of benzene rings is 1. The normalized spacial score (nSPS) is 16.1. The molecule has 0 bridgehead atoms. The number of hydrogen-bond donors (Lipinski definition) is 1. The van der Waals surface area contributed by atoms with E-state index in [1.165, 1.54) is 5.56 Å². The Bertz CT molecular complexity index is 1340. The molecular formula is C25H26BrN7O. The smallest absolute Gasteiger partial charge is 0.225 e. The van der Waals surface area contributed by atoms with Crippen LogP contribution in [0.15, 0.2) is 53.5 Å². The Morgan fingerprint density at radius 3 is 2.79 bits per heavy atom. The summed E-state index contributed by atoms with van der Waals surface area (Å²) in [5, 5.41) is 8.60. The lowest BCUT2D eigenvalue weighted by molar-refractivity contribution is -0.125. The summed E-state index contributed by atoms with van der Waals surface area (Å²) in [6.45, 7) is 5.95. The van der Waals surface area contributed by atoms with Crippen LogP contribution in [0.3, 0.4) is 0 Å². The number of amides is 1. The van der Waals surface area contributed by atoms with Crippen molar-refractivity contribution in [1.29, 1.82) is 0 Å². The summed E-state index contributed by atoms with van der Waals surface area (Å²) >= 11 is 3.46. The number of hydrogen-bond acceptors (Lipinski definition) is 6. The zero-order valence-electron chi connectivity index (χ0n) is 19.2. The van der Waals surface area contributed by atoms with E-state index in [4.69, 9.17) is 0 Å². The monoisotopic (exact) mass is 519 g/mol. The number of halogens is 1. The molecule has 1 saturated heterocycles. The number of nitrogens with one attached hydrogen (secondary N) is 1. The van der Waals surface area contributed by atoms with E-state index < -0.39 is 0 Å². The predicted molar refractivity (Wildman–Crippen MR) is 135 cm³/mol. The minimum atomic E-state index is -0.109. The Hall–Kier alpha value is -3.33. The number of fused-ring (bicyclic) bond motifs is 1. The van der Waals surface area contributed by atoms with Gasteiger partial charge >= 0.3 is 0 Å². The standard InChI is InChI=1S/C25H26BrN7O/c1-16-5-7-20(8-6-16)33-14-21-23(31-33)29-15-30-24(21)32-9-3-4-18(13-32)25(34)28-11-19-10-17(2)22(26)12-27-19/h5-8,10,12,14-15,18H,3-4,9,11,13H2,1-2H3,(H,28,34). The quantitative estimate of drug-likeness (QED) is 0.426. The molecule has 1 atom stereocenters. The van der Waals surface area contributed by atoms with E-state index in [1.807, 2.05) is 36.0 Å². The van der Waals surface area contributed by atoms with E-state index in [-0.39, 0.29) is 11.8 Å². The molecular weight excluding hydrogens is 494 g/mol. The molecule has 1 aliphatic heterocycles. The fourth-order valence-corrected chi connectivity index (χ4v) is 4.52. The molecule has 1 aromatic carbocycles. The van der Waals surface area contributed by atoms with Gasteiger partial charge in [0.1, 0.15) is 12.1 Å². The first-order valence-corrected chi connectivity index (χ1v) is 12.2. The van der Waals surface area contributed by atoms with Crippen LogP contribution in [0.1, 0.15) is 29.7 Å². The molecule has 8 nitrogen and oxygen atoms in total. The van der Waals surface area contributed by atoms with Crippen LogP contribution in [0, 0.1) is 19.8 Å². The predicted octanol–water partition coefficient (Wildman–Crippen LogP) is 4.12. The summed E-state index contributed by atoms with van der Waals surface area (Å²) < 4.78 is 2.80. The Labute approximate surface area is 206 Å². The fraction of sp³-hybridized carbons (Fsp3) is 0.320. The molecule has 34 heavy (non-hydrogen) atoms. The van der Waals surface area contributed by atoms with Gasteiger partial charge in [0.2, 0.25) is 5.91 Å². The SMILES string of the molecule is Cc1ccc(-n2cc3c(N4CCCC(C(=O)NCc5cc(C)c(Br)cn5)C4)ncnc3n2)cc1. The molecule has 1 aliphatic rings. The molecule has 4 aromatic rings. The fourth-order valence-electron chi connectivity index (χ4n) is 4.31. The van der Waals surface area contributed by atoms with Crippen molar-refractivity contribution in [3.8, 4) is 5.69 Å². The molecule has 1 unspecified atom stereocenters. The van der Waals surface area contributed by atoms with Gasteiger partial charge in [0.15, 0.2) is 5.65 Å². The number of aryl methyl sites for hydroxylation is 2. The topological polar surface area (TPSA) is 88.8 Å². The van der Waals surface area contributed by atoms with E-state index in [2.05, 4.69) is 65.3 Å². The van der Waals surface area contributed by atoms with Gasteiger partial charge in [-0.15, -0.1) is 5.10 Å². The molecule has 9 heteroatoms. The molecule has 3 aromatic heterocycles. The maximum absolute atomic E-state index is 13.0. The van der Waals surface area contributed by atoms with E-state index in [0.29, 0.717) is 18.7 Å².